The molecule has 0 saturated carbocycles. The molecule has 0 radical (unpaired) electrons. The van der Waals surface area contributed by atoms with Gasteiger partial charge in [0.2, 0.25) is 8.03 Å². The number of rotatable bonds is 1. The fourth-order valence-corrected chi connectivity index (χ4v) is 1.06. The zero-order valence-corrected chi connectivity index (χ0v) is 7.43. The van der Waals surface area contributed by atoms with Gasteiger partial charge in [-0.3, -0.25) is 4.57 Å². The molecular weight excluding hydrogens is 187 g/mol. The van der Waals surface area contributed by atoms with Crippen LogP contribution in [0, 0.1) is 0 Å². The first-order valence-corrected chi connectivity index (χ1v) is 3.94. The van der Waals surface area contributed by atoms with Crippen LogP contribution in [0.1, 0.15) is 0 Å². The van der Waals surface area contributed by atoms with Gasteiger partial charge in [0, 0.05) is 22.7 Å². The molecule has 0 aliphatic heterocycles. The molecule has 1 N–H and O–H groups in total. The van der Waals surface area contributed by atoms with E-state index in [0.717, 1.165) is 0 Å². The Bertz CT molecular complexity index is 212. The van der Waals surface area contributed by atoms with Gasteiger partial charge in [0.05, 0.1) is 0 Å². The number of benzene rings is 1. The van der Waals surface area contributed by atoms with E-state index in [9.17, 15) is 4.57 Å². The first-order chi connectivity index (χ1) is 4.30. The van der Waals surface area contributed by atoms with Crippen LogP contribution >= 0.6 is 8.03 Å². The smallest absolute Gasteiger partial charge is 0.218 e. The number of hydrogen-bond acceptors (Lipinski definition) is 1. The van der Waals surface area contributed by atoms with Crippen molar-refractivity contribution < 1.29 is 26.8 Å². The van der Waals surface area contributed by atoms with Gasteiger partial charge in [-0.05, 0) is 12.1 Å². The zero-order valence-electron chi connectivity index (χ0n) is 5.15. The minimum atomic E-state index is -2.46. The van der Waals surface area contributed by atoms with Crippen molar-refractivity contribution in [2.75, 3.05) is 0 Å². The van der Waals surface area contributed by atoms with E-state index in [1.54, 1.807) is 24.3 Å². The second kappa shape index (κ2) is 4.71. The maximum absolute atomic E-state index is 10.4. The van der Waals surface area contributed by atoms with Crippen LogP contribution < -0.4 is 5.30 Å². The topological polar surface area (TPSA) is 37.3 Å². The van der Waals surface area contributed by atoms with Gasteiger partial charge in [-0.15, -0.1) is 0 Å². The molecule has 0 spiro atoms. The van der Waals surface area contributed by atoms with Crippen LogP contribution in [0.25, 0.3) is 0 Å². The van der Waals surface area contributed by atoms with Gasteiger partial charge in [0.25, 0.3) is 0 Å². The average Bonchev–Trinajstić information content (AvgIpc) is 1.90. The second-order valence-corrected chi connectivity index (χ2v) is 2.86. The summed E-state index contributed by atoms with van der Waals surface area (Å²) in [5.41, 5.74) is 0. The van der Waals surface area contributed by atoms with Crippen LogP contribution in [-0.2, 0) is 21.9 Å². The van der Waals surface area contributed by atoms with Gasteiger partial charge >= 0.3 is 0 Å². The number of hydrogen-bond donors (Lipinski definition) is 1. The van der Waals surface area contributed by atoms with Crippen molar-refractivity contribution in [3.8, 4) is 0 Å². The molecular formula is C6H7CrO2P. The van der Waals surface area contributed by atoms with Crippen molar-refractivity contribution in [2.45, 2.75) is 0 Å². The summed E-state index contributed by atoms with van der Waals surface area (Å²) < 4.78 is 10.4. The Kier molecular flexibility index (Phi) is 4.68. The van der Waals surface area contributed by atoms with Crippen molar-refractivity contribution in [2.24, 2.45) is 0 Å². The summed E-state index contributed by atoms with van der Waals surface area (Å²) in [6.45, 7) is 0. The van der Waals surface area contributed by atoms with Crippen molar-refractivity contribution >= 4 is 13.3 Å². The Balaban J connectivity index is 0.000000810. The van der Waals surface area contributed by atoms with E-state index in [0.29, 0.717) is 5.30 Å². The molecule has 1 atom stereocenters. The molecule has 0 fully saturated rings. The van der Waals surface area contributed by atoms with Gasteiger partial charge < -0.3 is 4.89 Å². The largest absolute Gasteiger partial charge is 0.343 e. The Hall–Kier alpha value is -0.0575. The van der Waals surface area contributed by atoms with E-state index in [1.807, 2.05) is 6.07 Å². The Labute approximate surface area is 70.9 Å². The van der Waals surface area contributed by atoms with Crippen LogP contribution in [0.5, 0.6) is 0 Å². The Morgan fingerprint density at radius 3 is 2.00 bits per heavy atom. The minimum absolute atomic E-state index is 0. The summed E-state index contributed by atoms with van der Waals surface area (Å²) in [4.78, 5) is 8.57. The molecule has 1 aromatic carbocycles. The molecule has 0 amide bonds. The van der Waals surface area contributed by atoms with Gasteiger partial charge in [0.15, 0.2) is 0 Å². The van der Waals surface area contributed by atoms with Gasteiger partial charge in [-0.25, -0.2) is 0 Å². The molecule has 0 aliphatic carbocycles. The molecule has 0 saturated heterocycles. The van der Waals surface area contributed by atoms with Crippen LogP contribution in [0.4, 0.5) is 0 Å². The summed E-state index contributed by atoms with van der Waals surface area (Å²) in [6.07, 6.45) is 0. The molecule has 0 aliphatic rings. The van der Waals surface area contributed by atoms with Crippen molar-refractivity contribution in [1.82, 2.24) is 0 Å². The van der Waals surface area contributed by atoms with E-state index in [-0.39, 0.29) is 17.4 Å². The van der Waals surface area contributed by atoms with E-state index < -0.39 is 8.03 Å². The molecule has 0 bridgehead atoms. The standard InChI is InChI=1S/C6H7O2P.Cr/c7-9(8)6-4-2-1-3-5-6;/h1-5,9H,(H,7,8);. The normalized spacial score (nSPS) is 11.7. The first kappa shape index (κ1) is 9.94. The maximum atomic E-state index is 10.4. The molecule has 54 valence electrons. The molecule has 0 aromatic heterocycles. The zero-order chi connectivity index (χ0) is 6.69. The SMILES string of the molecule is O=[PH](O)c1ccccc1.[Cr]. The summed E-state index contributed by atoms with van der Waals surface area (Å²) in [7, 11) is -2.46. The third-order valence-electron chi connectivity index (χ3n) is 1.02. The van der Waals surface area contributed by atoms with Crippen LogP contribution in [0.15, 0.2) is 30.3 Å². The fraction of sp³-hybridized carbons (Fsp3) is 0. The van der Waals surface area contributed by atoms with Crippen molar-refractivity contribution in [3.05, 3.63) is 30.3 Å². The molecule has 1 rings (SSSR count). The monoisotopic (exact) mass is 194 g/mol. The van der Waals surface area contributed by atoms with E-state index >= 15 is 0 Å². The third kappa shape index (κ3) is 2.68. The maximum Gasteiger partial charge on any atom is 0.218 e. The minimum Gasteiger partial charge on any atom is -0.343 e. The average molecular weight is 194 g/mol. The van der Waals surface area contributed by atoms with Crippen LogP contribution in [0.2, 0.25) is 0 Å². The Morgan fingerprint density at radius 2 is 1.70 bits per heavy atom. The molecule has 2 nitrogen and oxygen atoms in total. The van der Waals surface area contributed by atoms with Gasteiger partial charge in [0.1, 0.15) is 0 Å². The van der Waals surface area contributed by atoms with E-state index in [1.165, 1.54) is 0 Å². The van der Waals surface area contributed by atoms with Gasteiger partial charge in [-0.1, -0.05) is 18.2 Å². The fourth-order valence-electron chi connectivity index (χ4n) is 0.581. The summed E-state index contributed by atoms with van der Waals surface area (Å²) in [5, 5.41) is 0.516. The van der Waals surface area contributed by atoms with Crippen LogP contribution in [0.3, 0.4) is 0 Å². The summed E-state index contributed by atoms with van der Waals surface area (Å²) in [6, 6.07) is 8.58. The molecule has 10 heavy (non-hydrogen) atoms. The molecule has 4 heteroatoms. The predicted molar refractivity (Wildman–Crippen MR) is 37.3 cm³/mol. The third-order valence-corrected chi connectivity index (χ3v) is 1.85. The summed E-state index contributed by atoms with van der Waals surface area (Å²) in [5.74, 6) is 0. The van der Waals surface area contributed by atoms with E-state index in [4.69, 9.17) is 4.89 Å². The quantitative estimate of drug-likeness (QED) is 0.670. The van der Waals surface area contributed by atoms with Crippen molar-refractivity contribution in [3.63, 3.8) is 0 Å². The predicted octanol–water partition coefficient (Wildman–Crippen LogP) is 0.776. The summed E-state index contributed by atoms with van der Waals surface area (Å²) >= 11 is 0. The first-order valence-electron chi connectivity index (χ1n) is 2.59. The van der Waals surface area contributed by atoms with Crippen molar-refractivity contribution in [1.29, 1.82) is 0 Å². The molecule has 1 unspecified atom stereocenters. The van der Waals surface area contributed by atoms with E-state index in [2.05, 4.69) is 0 Å². The molecule has 1 aromatic rings. The van der Waals surface area contributed by atoms with Crippen LogP contribution in [-0.4, -0.2) is 4.89 Å². The Morgan fingerprint density at radius 1 is 1.20 bits per heavy atom. The second-order valence-electron chi connectivity index (χ2n) is 1.67. The van der Waals surface area contributed by atoms with Gasteiger partial charge in [-0.2, -0.15) is 0 Å². The molecule has 0 heterocycles.